The van der Waals surface area contributed by atoms with E-state index in [9.17, 15) is 9.59 Å². The zero-order valence-corrected chi connectivity index (χ0v) is 18.5. The average Bonchev–Trinajstić information content (AvgIpc) is 3.13. The second kappa shape index (κ2) is 9.78. The molecule has 0 atom stereocenters. The fourth-order valence-corrected chi connectivity index (χ4v) is 4.07. The standard InChI is InChI=1S/C25H29N5O2/c1-18-16-19(2)30(28-18)23-10-8-20(9-11-23)25(32)27-22-12-14-29(15-13-22)17-24(31)26-21-6-4-3-5-7-21/h3-11,16,22H,12-15,17H2,1-2H3,(H,26,31)(H,27,32). The molecule has 1 saturated heterocycles. The molecule has 2 heterocycles. The van der Waals surface area contributed by atoms with Gasteiger partial charge in [0.05, 0.1) is 17.9 Å². The van der Waals surface area contributed by atoms with Gasteiger partial charge in [-0.15, -0.1) is 0 Å². The first-order valence-electron chi connectivity index (χ1n) is 11.0. The number of piperidine rings is 1. The van der Waals surface area contributed by atoms with E-state index >= 15 is 0 Å². The van der Waals surface area contributed by atoms with E-state index in [2.05, 4.69) is 20.6 Å². The number of hydrogen-bond acceptors (Lipinski definition) is 4. The summed E-state index contributed by atoms with van der Waals surface area (Å²) in [6.45, 7) is 5.90. The van der Waals surface area contributed by atoms with Crippen LogP contribution in [0.25, 0.3) is 5.69 Å². The van der Waals surface area contributed by atoms with Crippen molar-refractivity contribution in [3.8, 4) is 5.69 Å². The molecule has 1 aliphatic heterocycles. The smallest absolute Gasteiger partial charge is 0.251 e. The topological polar surface area (TPSA) is 79.3 Å². The maximum atomic E-state index is 12.7. The molecule has 2 aromatic carbocycles. The number of rotatable bonds is 6. The number of amides is 2. The zero-order valence-electron chi connectivity index (χ0n) is 18.5. The van der Waals surface area contributed by atoms with Crippen LogP contribution in [0.2, 0.25) is 0 Å². The highest BCUT2D eigenvalue weighted by atomic mass is 16.2. The summed E-state index contributed by atoms with van der Waals surface area (Å²) in [5, 5.41) is 10.5. The van der Waals surface area contributed by atoms with Crippen molar-refractivity contribution in [2.45, 2.75) is 32.7 Å². The van der Waals surface area contributed by atoms with E-state index in [1.165, 1.54) is 0 Å². The number of anilines is 1. The molecule has 0 radical (unpaired) electrons. The van der Waals surface area contributed by atoms with Crippen molar-refractivity contribution in [2.75, 3.05) is 25.0 Å². The lowest BCUT2D eigenvalue weighted by Crippen LogP contribution is -2.46. The quantitative estimate of drug-likeness (QED) is 0.628. The van der Waals surface area contributed by atoms with Gasteiger partial charge in [-0.25, -0.2) is 4.68 Å². The summed E-state index contributed by atoms with van der Waals surface area (Å²) in [6, 6.07) is 19.1. The van der Waals surface area contributed by atoms with Gasteiger partial charge < -0.3 is 10.6 Å². The number of nitrogens with zero attached hydrogens (tertiary/aromatic N) is 3. The summed E-state index contributed by atoms with van der Waals surface area (Å²) in [7, 11) is 0. The Balaban J connectivity index is 1.24. The third-order valence-electron chi connectivity index (χ3n) is 5.73. The van der Waals surface area contributed by atoms with Crippen molar-refractivity contribution < 1.29 is 9.59 Å². The lowest BCUT2D eigenvalue weighted by atomic mass is 10.0. The van der Waals surface area contributed by atoms with Crippen LogP contribution in [0.1, 0.15) is 34.6 Å². The van der Waals surface area contributed by atoms with Crippen LogP contribution >= 0.6 is 0 Å². The molecule has 0 spiro atoms. The number of aryl methyl sites for hydroxylation is 2. The minimum atomic E-state index is -0.0646. The molecule has 1 aliphatic rings. The van der Waals surface area contributed by atoms with E-state index in [0.29, 0.717) is 12.1 Å². The lowest BCUT2D eigenvalue weighted by molar-refractivity contribution is -0.117. The predicted molar refractivity (Wildman–Crippen MR) is 125 cm³/mol. The molecule has 1 fully saturated rings. The molecular weight excluding hydrogens is 402 g/mol. The number of carbonyl (C=O) groups is 2. The minimum absolute atomic E-state index is 0.0126. The molecule has 4 rings (SSSR count). The Morgan fingerprint density at radius 2 is 1.69 bits per heavy atom. The Hall–Kier alpha value is -3.45. The van der Waals surface area contributed by atoms with Gasteiger partial charge in [-0.1, -0.05) is 18.2 Å². The van der Waals surface area contributed by atoms with Crippen LogP contribution in [-0.2, 0) is 4.79 Å². The summed E-state index contributed by atoms with van der Waals surface area (Å²) in [5.41, 5.74) is 4.41. The van der Waals surface area contributed by atoms with Gasteiger partial charge >= 0.3 is 0 Å². The van der Waals surface area contributed by atoms with E-state index in [0.717, 1.165) is 48.7 Å². The van der Waals surface area contributed by atoms with Crippen molar-refractivity contribution in [1.82, 2.24) is 20.0 Å². The average molecular weight is 432 g/mol. The van der Waals surface area contributed by atoms with Crippen molar-refractivity contribution in [3.05, 3.63) is 77.6 Å². The molecule has 0 aliphatic carbocycles. The van der Waals surface area contributed by atoms with E-state index in [1.54, 1.807) is 0 Å². The Labute approximate surface area is 188 Å². The first-order chi connectivity index (χ1) is 15.5. The fourth-order valence-electron chi connectivity index (χ4n) is 4.07. The van der Waals surface area contributed by atoms with Crippen LogP contribution in [-0.4, -0.2) is 52.2 Å². The molecule has 0 bridgehead atoms. The molecule has 166 valence electrons. The predicted octanol–water partition coefficient (Wildman–Crippen LogP) is 3.32. The molecule has 7 heteroatoms. The molecule has 1 aromatic heterocycles. The van der Waals surface area contributed by atoms with Crippen LogP contribution in [0.5, 0.6) is 0 Å². The van der Waals surface area contributed by atoms with E-state index in [1.807, 2.05) is 79.2 Å². The molecule has 3 aromatic rings. The van der Waals surface area contributed by atoms with E-state index in [-0.39, 0.29) is 17.9 Å². The first kappa shape index (κ1) is 21.8. The highest BCUT2D eigenvalue weighted by Gasteiger charge is 2.22. The van der Waals surface area contributed by atoms with Crippen molar-refractivity contribution in [2.24, 2.45) is 0 Å². The van der Waals surface area contributed by atoms with Crippen LogP contribution in [0.3, 0.4) is 0 Å². The van der Waals surface area contributed by atoms with Gasteiger partial charge in [0.25, 0.3) is 5.91 Å². The van der Waals surface area contributed by atoms with Crippen LogP contribution in [0.15, 0.2) is 60.7 Å². The monoisotopic (exact) mass is 431 g/mol. The third kappa shape index (κ3) is 5.42. The van der Waals surface area contributed by atoms with Gasteiger partial charge in [-0.2, -0.15) is 5.10 Å². The summed E-state index contributed by atoms with van der Waals surface area (Å²) in [5.74, 6) is -0.0772. The van der Waals surface area contributed by atoms with Crippen molar-refractivity contribution >= 4 is 17.5 Å². The van der Waals surface area contributed by atoms with Gasteiger partial charge in [0.2, 0.25) is 5.91 Å². The molecule has 0 unspecified atom stereocenters. The maximum Gasteiger partial charge on any atom is 0.251 e. The van der Waals surface area contributed by atoms with Gasteiger partial charge in [0, 0.05) is 36.1 Å². The SMILES string of the molecule is Cc1cc(C)n(-c2ccc(C(=O)NC3CCN(CC(=O)Nc4ccccc4)CC3)cc2)n1. The molecule has 7 nitrogen and oxygen atoms in total. The highest BCUT2D eigenvalue weighted by molar-refractivity contribution is 5.94. The number of carbonyl (C=O) groups excluding carboxylic acids is 2. The number of likely N-dealkylation sites (tertiary alicyclic amines) is 1. The summed E-state index contributed by atoms with van der Waals surface area (Å²) >= 11 is 0. The molecule has 2 N–H and O–H groups in total. The number of aromatic nitrogens is 2. The first-order valence-corrected chi connectivity index (χ1v) is 11.0. The Morgan fingerprint density at radius 1 is 1.00 bits per heavy atom. The lowest BCUT2D eigenvalue weighted by Gasteiger charge is -2.31. The van der Waals surface area contributed by atoms with Crippen molar-refractivity contribution in [1.29, 1.82) is 0 Å². The summed E-state index contributed by atoms with van der Waals surface area (Å²) < 4.78 is 1.88. The molecule has 32 heavy (non-hydrogen) atoms. The third-order valence-corrected chi connectivity index (χ3v) is 5.73. The highest BCUT2D eigenvalue weighted by Crippen LogP contribution is 2.15. The fraction of sp³-hybridized carbons (Fsp3) is 0.320. The van der Waals surface area contributed by atoms with E-state index in [4.69, 9.17) is 0 Å². The van der Waals surface area contributed by atoms with Gasteiger partial charge in [-0.3, -0.25) is 14.5 Å². The van der Waals surface area contributed by atoms with E-state index < -0.39 is 0 Å². The van der Waals surface area contributed by atoms with Crippen LogP contribution in [0.4, 0.5) is 5.69 Å². The normalized spacial score (nSPS) is 14.8. The van der Waals surface area contributed by atoms with Crippen LogP contribution in [0, 0.1) is 13.8 Å². The van der Waals surface area contributed by atoms with Gasteiger partial charge in [0.1, 0.15) is 0 Å². The second-order valence-electron chi connectivity index (χ2n) is 8.32. The number of hydrogen-bond donors (Lipinski definition) is 2. The van der Waals surface area contributed by atoms with Gasteiger partial charge in [-0.05, 0) is 69.2 Å². The second-order valence-corrected chi connectivity index (χ2v) is 8.32. The Bertz CT molecular complexity index is 1070. The number of nitrogens with one attached hydrogen (secondary N) is 2. The summed E-state index contributed by atoms with van der Waals surface area (Å²) in [4.78, 5) is 27.1. The number of benzene rings is 2. The molecule has 0 saturated carbocycles. The Morgan fingerprint density at radius 3 is 2.31 bits per heavy atom. The van der Waals surface area contributed by atoms with Crippen molar-refractivity contribution in [3.63, 3.8) is 0 Å². The largest absolute Gasteiger partial charge is 0.349 e. The number of para-hydroxylation sites is 1. The minimum Gasteiger partial charge on any atom is -0.349 e. The Kier molecular flexibility index (Phi) is 6.66. The van der Waals surface area contributed by atoms with Gasteiger partial charge in [0.15, 0.2) is 0 Å². The van der Waals surface area contributed by atoms with Crippen LogP contribution < -0.4 is 10.6 Å². The maximum absolute atomic E-state index is 12.7. The summed E-state index contributed by atoms with van der Waals surface area (Å²) in [6.07, 6.45) is 1.66. The molecule has 2 amide bonds. The molecular formula is C25H29N5O2. The zero-order chi connectivity index (χ0) is 22.5.